The highest BCUT2D eigenvalue weighted by Crippen LogP contribution is 2.55. The van der Waals surface area contributed by atoms with E-state index in [1.54, 1.807) is 0 Å². The van der Waals surface area contributed by atoms with Crippen molar-refractivity contribution in [2.45, 2.75) is 54.3 Å². The van der Waals surface area contributed by atoms with Crippen LogP contribution in [0.5, 0.6) is 11.5 Å². The molecule has 1 aromatic carbocycles. The van der Waals surface area contributed by atoms with Gasteiger partial charge in [-0.05, 0) is 29.7 Å². The van der Waals surface area contributed by atoms with Gasteiger partial charge in [-0.1, -0.05) is 0 Å². The molecule has 36 heavy (non-hydrogen) atoms. The standard InChI is InChI=1S/C18H23NO17/c20-9-4-7-6(3-11(9)34-18(31,32)33)1-2-19-8(7)5-10(21)12-13(22,23)15(25,16(26,27)28)17(29,30)36-35-14(12,19)24/h3-4,8,12,20,22-33H,1-2,5H2. The van der Waals surface area contributed by atoms with E-state index in [1.165, 1.54) is 0 Å². The van der Waals surface area contributed by atoms with Gasteiger partial charge in [0.15, 0.2) is 17.3 Å². The number of nitrogens with zero attached hydrogens (tertiary/aromatic N) is 1. The van der Waals surface area contributed by atoms with Crippen LogP contribution in [0, 0.1) is 5.92 Å². The van der Waals surface area contributed by atoms with E-state index in [0.29, 0.717) is 0 Å². The number of phenols is 1. The number of Topliss-reactive ketones (excluding diaryl/α,β-unsaturated/α-hetero) is 1. The summed E-state index contributed by atoms with van der Waals surface area (Å²) in [4.78, 5) is 22.6. The minimum absolute atomic E-state index is 0.0652. The molecule has 0 amide bonds. The first-order valence-corrected chi connectivity index (χ1v) is 10.1. The van der Waals surface area contributed by atoms with Gasteiger partial charge >= 0.3 is 18.1 Å². The summed E-state index contributed by atoms with van der Waals surface area (Å²) in [6.07, 6.45) is -4.55. The lowest BCUT2D eigenvalue weighted by Gasteiger charge is -2.54. The van der Waals surface area contributed by atoms with Crippen molar-refractivity contribution < 1.29 is 85.7 Å². The number of aliphatic hydroxyl groups is 12. The maximum atomic E-state index is 13.1. The molecule has 4 rings (SSSR count). The number of fused-ring (bicyclic) bond motifs is 5. The maximum Gasteiger partial charge on any atom is 0.453 e. The summed E-state index contributed by atoms with van der Waals surface area (Å²) in [5, 5.41) is 129. The molecular weight excluding hydrogens is 502 g/mol. The van der Waals surface area contributed by atoms with Gasteiger partial charge in [0.05, 0.1) is 0 Å². The number of carbonyl (C=O) groups is 1. The summed E-state index contributed by atoms with van der Waals surface area (Å²) in [5.74, 6) is -22.8. The fraction of sp³-hybridized carbons (Fsp3) is 0.611. The molecule has 0 spiro atoms. The molecule has 4 unspecified atom stereocenters. The predicted molar refractivity (Wildman–Crippen MR) is 100 cm³/mol. The monoisotopic (exact) mass is 525 g/mol. The van der Waals surface area contributed by atoms with E-state index in [9.17, 15) is 55.9 Å². The van der Waals surface area contributed by atoms with E-state index >= 15 is 0 Å². The van der Waals surface area contributed by atoms with Crippen molar-refractivity contribution in [2.24, 2.45) is 5.92 Å². The van der Waals surface area contributed by atoms with Crippen LogP contribution in [0.2, 0.25) is 0 Å². The molecule has 3 aliphatic rings. The molecule has 3 aliphatic heterocycles. The molecule has 4 atom stereocenters. The zero-order valence-corrected chi connectivity index (χ0v) is 17.8. The van der Waals surface area contributed by atoms with Gasteiger partial charge in [-0.15, -0.1) is 0 Å². The van der Waals surface area contributed by atoms with Gasteiger partial charge < -0.3 is 71.1 Å². The Morgan fingerprint density at radius 3 is 2.14 bits per heavy atom. The van der Waals surface area contributed by atoms with Crippen molar-refractivity contribution in [1.29, 1.82) is 0 Å². The number of hydrogen-bond acceptors (Lipinski definition) is 18. The van der Waals surface area contributed by atoms with Gasteiger partial charge in [-0.3, -0.25) is 4.79 Å². The Morgan fingerprint density at radius 2 is 1.58 bits per heavy atom. The van der Waals surface area contributed by atoms with Crippen LogP contribution in [0.25, 0.3) is 0 Å². The lowest BCUT2D eigenvalue weighted by atomic mass is 9.70. The molecule has 0 saturated carbocycles. The maximum absolute atomic E-state index is 13.1. The Labute approximate surface area is 198 Å². The molecule has 18 nitrogen and oxygen atoms in total. The van der Waals surface area contributed by atoms with Gasteiger partial charge in [0.1, 0.15) is 5.92 Å². The van der Waals surface area contributed by atoms with E-state index < -0.39 is 71.1 Å². The van der Waals surface area contributed by atoms with Crippen molar-refractivity contribution in [3.05, 3.63) is 23.3 Å². The molecule has 3 heterocycles. The molecule has 13 N–H and O–H groups in total. The van der Waals surface area contributed by atoms with Gasteiger partial charge in [0.2, 0.25) is 5.79 Å². The topological polar surface area (TPSA) is 311 Å². The lowest BCUT2D eigenvalue weighted by molar-refractivity contribution is -0.603. The molecule has 0 aromatic heterocycles. The number of carbonyl (C=O) groups excluding carboxylic acids is 1. The van der Waals surface area contributed by atoms with E-state index in [0.717, 1.165) is 17.0 Å². The second kappa shape index (κ2) is 7.70. The average molecular weight is 525 g/mol. The number of benzene rings is 1. The summed E-state index contributed by atoms with van der Waals surface area (Å²) in [6, 6.07) is 0.728. The molecule has 1 aromatic rings. The van der Waals surface area contributed by atoms with Crippen molar-refractivity contribution in [2.75, 3.05) is 6.54 Å². The van der Waals surface area contributed by atoms with Crippen molar-refractivity contribution in [3.63, 3.8) is 0 Å². The van der Waals surface area contributed by atoms with Crippen LogP contribution >= 0.6 is 0 Å². The van der Waals surface area contributed by atoms with Crippen molar-refractivity contribution in [1.82, 2.24) is 4.90 Å². The third kappa shape index (κ3) is 3.60. The van der Waals surface area contributed by atoms with E-state index in [4.69, 9.17) is 15.3 Å². The molecule has 2 fully saturated rings. The fourth-order valence-corrected chi connectivity index (χ4v) is 4.91. The van der Waals surface area contributed by atoms with Crippen LogP contribution in [-0.4, -0.2) is 119 Å². The average Bonchev–Trinajstić information content (AvgIpc) is 2.74. The number of ketones is 1. The number of rotatable bonds is 3. The Morgan fingerprint density at radius 1 is 0.972 bits per heavy atom. The number of ether oxygens (including phenoxy) is 1. The van der Waals surface area contributed by atoms with Crippen LogP contribution in [-0.2, 0) is 21.0 Å². The van der Waals surface area contributed by atoms with Gasteiger partial charge in [0, 0.05) is 19.0 Å². The molecule has 2 saturated heterocycles. The zero-order valence-electron chi connectivity index (χ0n) is 17.8. The van der Waals surface area contributed by atoms with Crippen molar-refractivity contribution in [3.8, 4) is 11.5 Å². The van der Waals surface area contributed by atoms with Gasteiger partial charge in [-0.25, -0.2) is 4.90 Å². The Bertz CT molecular complexity index is 1080. The summed E-state index contributed by atoms with van der Waals surface area (Å²) < 4.78 is 4.40. The number of hydrogen-bond donors (Lipinski definition) is 13. The Kier molecular flexibility index (Phi) is 5.77. The lowest BCUT2D eigenvalue weighted by Crippen LogP contribution is -2.82. The summed E-state index contributed by atoms with van der Waals surface area (Å²) in [5.41, 5.74) is -4.39. The first-order valence-electron chi connectivity index (χ1n) is 10.1. The van der Waals surface area contributed by atoms with Crippen LogP contribution in [0.1, 0.15) is 23.6 Å². The second-order valence-corrected chi connectivity index (χ2v) is 8.76. The molecular formula is C18H23NO17. The normalized spacial score (nSPS) is 34.3. The van der Waals surface area contributed by atoms with E-state index in [1.807, 2.05) is 0 Å². The van der Waals surface area contributed by atoms with Crippen molar-refractivity contribution >= 4 is 5.78 Å². The molecule has 0 aliphatic carbocycles. The zero-order chi connectivity index (χ0) is 27.3. The summed E-state index contributed by atoms with van der Waals surface area (Å²) >= 11 is 0. The minimum Gasteiger partial charge on any atom is -0.504 e. The quantitative estimate of drug-likeness (QED) is 0.129. The molecule has 18 heteroatoms. The summed E-state index contributed by atoms with van der Waals surface area (Å²) in [6.45, 7) is -0.366. The van der Waals surface area contributed by atoms with Crippen LogP contribution in [0.4, 0.5) is 0 Å². The first-order chi connectivity index (χ1) is 16.2. The largest absolute Gasteiger partial charge is 0.504 e. The third-order valence-corrected chi connectivity index (χ3v) is 6.50. The highest BCUT2D eigenvalue weighted by molar-refractivity contribution is 5.85. The van der Waals surface area contributed by atoms with Gasteiger partial charge in [-0.2, -0.15) is 9.78 Å². The summed E-state index contributed by atoms with van der Waals surface area (Å²) in [7, 11) is 0. The molecule has 0 radical (unpaired) electrons. The van der Waals surface area contributed by atoms with Crippen LogP contribution < -0.4 is 4.74 Å². The number of aromatic hydroxyl groups is 1. The predicted octanol–water partition coefficient (Wildman–Crippen LogP) is -6.86. The Balaban J connectivity index is 1.82. The van der Waals surface area contributed by atoms with Gasteiger partial charge in [0.25, 0.3) is 11.5 Å². The smallest absolute Gasteiger partial charge is 0.453 e. The highest BCUT2D eigenvalue weighted by Gasteiger charge is 2.83. The molecule has 0 bridgehead atoms. The first kappa shape index (κ1) is 26.9. The van der Waals surface area contributed by atoms with Crippen LogP contribution in [0.3, 0.4) is 0 Å². The third-order valence-electron chi connectivity index (χ3n) is 6.50. The van der Waals surface area contributed by atoms with Crippen LogP contribution in [0.15, 0.2) is 12.1 Å². The fourth-order valence-electron chi connectivity index (χ4n) is 4.91. The highest BCUT2D eigenvalue weighted by atomic mass is 17.3. The number of piperidine rings is 1. The minimum atomic E-state index is -4.77. The van der Waals surface area contributed by atoms with E-state index in [2.05, 4.69) is 14.5 Å². The molecule has 202 valence electrons. The Hall–Kier alpha value is -2.11. The number of phenolic OH excluding ortho intramolecular Hbond substituents is 1. The SMILES string of the molecule is O=C1CC2c3cc(O)c(OC(O)(O)O)cc3CCN2C2(O)OOC(O)(O)C(O)(C(O)(O)O)C(O)(O)C12. The second-order valence-electron chi connectivity index (χ2n) is 8.76. The van der Waals surface area contributed by atoms with E-state index in [-0.39, 0.29) is 24.1 Å².